The third-order valence-corrected chi connectivity index (χ3v) is 8.67. The standard InChI is InChI=1S/C29H35ClN4O3S/c1-3-33(4-2)26(35)19-38-29-32-25-12-8-6-10-23(25)28(37)34(29)18-20-13-15-21(16-14-20)27(36)31-17-22-9-5-7-11-24(22)30/h5-12,20-21H,3-4,13-19H2,1-2H3,(H,31,36). The van der Waals surface area contributed by atoms with Gasteiger partial charge in [-0.2, -0.15) is 0 Å². The van der Waals surface area contributed by atoms with E-state index < -0.39 is 0 Å². The van der Waals surface area contributed by atoms with E-state index in [0.717, 1.165) is 31.2 Å². The molecule has 0 bridgehead atoms. The molecule has 9 heteroatoms. The van der Waals surface area contributed by atoms with Crippen molar-refractivity contribution in [1.29, 1.82) is 0 Å². The molecule has 0 aliphatic heterocycles. The van der Waals surface area contributed by atoms with Crippen LogP contribution in [0.25, 0.3) is 10.9 Å². The zero-order chi connectivity index (χ0) is 27.1. The molecule has 0 saturated heterocycles. The third-order valence-electron chi connectivity index (χ3n) is 7.34. The number of thioether (sulfide) groups is 1. The van der Waals surface area contributed by atoms with Gasteiger partial charge in [0.2, 0.25) is 11.8 Å². The molecule has 1 saturated carbocycles. The summed E-state index contributed by atoms with van der Waals surface area (Å²) in [5.41, 5.74) is 1.47. The molecule has 2 amide bonds. The molecule has 202 valence electrons. The summed E-state index contributed by atoms with van der Waals surface area (Å²) in [6, 6.07) is 14.9. The van der Waals surface area contributed by atoms with Crippen molar-refractivity contribution in [3.8, 4) is 0 Å². The Morgan fingerprint density at radius 1 is 1.05 bits per heavy atom. The highest BCUT2D eigenvalue weighted by atomic mass is 35.5. The fourth-order valence-electron chi connectivity index (χ4n) is 5.05. The highest BCUT2D eigenvalue weighted by Gasteiger charge is 2.27. The molecular formula is C29H35ClN4O3S. The number of hydrogen-bond acceptors (Lipinski definition) is 5. The predicted molar refractivity (Wildman–Crippen MR) is 153 cm³/mol. The number of halogens is 1. The van der Waals surface area contributed by atoms with Crippen LogP contribution in [-0.4, -0.2) is 45.1 Å². The molecule has 3 aromatic rings. The Kier molecular flexibility index (Phi) is 9.86. The Hall–Kier alpha value is -2.84. The van der Waals surface area contributed by atoms with Crippen molar-refractivity contribution in [1.82, 2.24) is 19.8 Å². The van der Waals surface area contributed by atoms with Crippen molar-refractivity contribution in [2.24, 2.45) is 11.8 Å². The lowest BCUT2D eigenvalue weighted by atomic mass is 9.81. The Morgan fingerprint density at radius 3 is 2.45 bits per heavy atom. The van der Waals surface area contributed by atoms with Crippen LogP contribution in [0.5, 0.6) is 0 Å². The average molecular weight is 555 g/mol. The second-order valence-electron chi connectivity index (χ2n) is 9.71. The summed E-state index contributed by atoms with van der Waals surface area (Å²) in [5, 5.41) is 4.84. The lowest BCUT2D eigenvalue weighted by molar-refractivity contribution is -0.128. The van der Waals surface area contributed by atoms with E-state index in [4.69, 9.17) is 16.6 Å². The summed E-state index contributed by atoms with van der Waals surface area (Å²) >= 11 is 7.54. The lowest BCUT2D eigenvalue weighted by Crippen LogP contribution is -2.35. The van der Waals surface area contributed by atoms with Crippen molar-refractivity contribution in [3.05, 3.63) is 69.5 Å². The second-order valence-corrected chi connectivity index (χ2v) is 11.1. The largest absolute Gasteiger partial charge is 0.352 e. The molecule has 7 nitrogen and oxygen atoms in total. The third kappa shape index (κ3) is 6.77. The van der Waals surface area contributed by atoms with Crippen molar-refractivity contribution in [3.63, 3.8) is 0 Å². The SMILES string of the molecule is CCN(CC)C(=O)CSc1nc2ccccc2c(=O)n1CC1CCC(C(=O)NCc2ccccc2Cl)CC1. The number of para-hydroxylation sites is 1. The van der Waals surface area contributed by atoms with Gasteiger partial charge in [-0.15, -0.1) is 0 Å². The predicted octanol–water partition coefficient (Wildman–Crippen LogP) is 5.13. The maximum Gasteiger partial charge on any atom is 0.262 e. The first-order chi connectivity index (χ1) is 18.4. The quantitative estimate of drug-likeness (QED) is 0.277. The first-order valence-corrected chi connectivity index (χ1v) is 14.7. The molecule has 1 aliphatic rings. The summed E-state index contributed by atoms with van der Waals surface area (Å²) in [6.07, 6.45) is 3.26. The minimum atomic E-state index is -0.0759. The number of rotatable bonds is 10. The maximum atomic E-state index is 13.5. The molecule has 1 N–H and O–H groups in total. The lowest BCUT2D eigenvalue weighted by Gasteiger charge is -2.29. The normalized spacial score (nSPS) is 17.3. The smallest absolute Gasteiger partial charge is 0.262 e. The zero-order valence-corrected chi connectivity index (χ0v) is 23.6. The Balaban J connectivity index is 1.42. The molecule has 4 rings (SSSR count). The van der Waals surface area contributed by atoms with E-state index in [9.17, 15) is 14.4 Å². The van der Waals surface area contributed by atoms with Gasteiger partial charge in [0.1, 0.15) is 0 Å². The number of hydrogen-bond donors (Lipinski definition) is 1. The monoisotopic (exact) mass is 554 g/mol. The van der Waals surface area contributed by atoms with Crippen LogP contribution in [0.2, 0.25) is 5.02 Å². The molecule has 0 atom stereocenters. The Morgan fingerprint density at radius 2 is 1.74 bits per heavy atom. The molecule has 1 heterocycles. The summed E-state index contributed by atoms with van der Waals surface area (Å²) < 4.78 is 1.74. The summed E-state index contributed by atoms with van der Waals surface area (Å²) in [4.78, 5) is 45.5. The van der Waals surface area contributed by atoms with Gasteiger partial charge < -0.3 is 10.2 Å². The van der Waals surface area contributed by atoms with E-state index in [2.05, 4.69) is 5.32 Å². The first-order valence-electron chi connectivity index (χ1n) is 13.3. The second kappa shape index (κ2) is 13.3. The average Bonchev–Trinajstić information content (AvgIpc) is 2.94. The molecule has 38 heavy (non-hydrogen) atoms. The minimum Gasteiger partial charge on any atom is -0.352 e. The van der Waals surface area contributed by atoms with Crippen LogP contribution in [-0.2, 0) is 22.7 Å². The fourth-order valence-corrected chi connectivity index (χ4v) is 6.16. The van der Waals surface area contributed by atoms with Gasteiger partial charge in [0.25, 0.3) is 5.56 Å². The zero-order valence-electron chi connectivity index (χ0n) is 22.0. The summed E-state index contributed by atoms with van der Waals surface area (Å²) in [7, 11) is 0. The molecule has 0 unspecified atom stereocenters. The van der Waals surface area contributed by atoms with E-state index in [0.29, 0.717) is 47.3 Å². The van der Waals surface area contributed by atoms with E-state index >= 15 is 0 Å². The number of carbonyl (C=O) groups excluding carboxylic acids is 2. The van der Waals surface area contributed by atoms with Gasteiger partial charge in [0.05, 0.1) is 16.7 Å². The first kappa shape index (κ1) is 28.2. The van der Waals surface area contributed by atoms with Gasteiger partial charge in [-0.3, -0.25) is 19.0 Å². The number of amides is 2. The van der Waals surface area contributed by atoms with Gasteiger partial charge in [0.15, 0.2) is 5.16 Å². The number of carbonyl (C=O) groups is 2. The maximum absolute atomic E-state index is 13.5. The van der Waals surface area contributed by atoms with Crippen LogP contribution in [0.3, 0.4) is 0 Å². The van der Waals surface area contributed by atoms with Gasteiger partial charge in [-0.25, -0.2) is 4.98 Å². The van der Waals surface area contributed by atoms with E-state index in [1.165, 1.54) is 11.8 Å². The molecule has 0 spiro atoms. The van der Waals surface area contributed by atoms with Crippen LogP contribution in [0, 0.1) is 11.8 Å². The molecule has 2 aromatic carbocycles. The number of nitrogens with zero attached hydrogens (tertiary/aromatic N) is 3. The molecule has 1 aromatic heterocycles. The van der Waals surface area contributed by atoms with E-state index in [1.807, 2.05) is 56.3 Å². The Labute approximate surface area is 233 Å². The van der Waals surface area contributed by atoms with Crippen molar-refractivity contribution < 1.29 is 9.59 Å². The fraction of sp³-hybridized carbons (Fsp3) is 0.448. The number of fused-ring (bicyclic) bond motifs is 1. The molecule has 0 radical (unpaired) electrons. The number of nitrogens with one attached hydrogen (secondary N) is 1. The van der Waals surface area contributed by atoms with E-state index in [-0.39, 0.29) is 35.0 Å². The van der Waals surface area contributed by atoms with Crippen LogP contribution < -0.4 is 10.9 Å². The topological polar surface area (TPSA) is 84.3 Å². The van der Waals surface area contributed by atoms with E-state index in [1.54, 1.807) is 15.5 Å². The van der Waals surface area contributed by atoms with Crippen molar-refractivity contribution in [2.75, 3.05) is 18.8 Å². The van der Waals surface area contributed by atoms with Crippen molar-refractivity contribution >= 4 is 46.1 Å². The van der Waals surface area contributed by atoms with Gasteiger partial charge in [-0.05, 0) is 69.2 Å². The number of benzene rings is 2. The van der Waals surface area contributed by atoms with Crippen LogP contribution in [0.1, 0.15) is 45.1 Å². The van der Waals surface area contributed by atoms with Gasteiger partial charge >= 0.3 is 0 Å². The minimum absolute atomic E-state index is 0.0391. The van der Waals surface area contributed by atoms with Crippen LogP contribution >= 0.6 is 23.4 Å². The highest BCUT2D eigenvalue weighted by Crippen LogP contribution is 2.31. The van der Waals surface area contributed by atoms with Crippen molar-refractivity contribution in [2.45, 2.75) is 57.8 Å². The molecule has 1 aliphatic carbocycles. The molecular weight excluding hydrogens is 520 g/mol. The van der Waals surface area contributed by atoms with Crippen LogP contribution in [0.4, 0.5) is 0 Å². The molecule has 1 fully saturated rings. The summed E-state index contributed by atoms with van der Waals surface area (Å²) in [5.74, 6) is 0.559. The summed E-state index contributed by atoms with van der Waals surface area (Å²) in [6.45, 7) is 6.19. The highest BCUT2D eigenvalue weighted by molar-refractivity contribution is 7.99. The van der Waals surface area contributed by atoms with Gasteiger partial charge in [-0.1, -0.05) is 53.7 Å². The Bertz CT molecular complexity index is 1330. The number of aromatic nitrogens is 2. The van der Waals surface area contributed by atoms with Crippen LogP contribution in [0.15, 0.2) is 58.5 Å². The van der Waals surface area contributed by atoms with Gasteiger partial charge in [0, 0.05) is 37.1 Å².